The standard InChI is InChI=1S/C20H21N3O3/c1-14-11-19(23(13-21-14)16-7-5-4-6-8-16)22-20(24)15-9-10-17(25-2)18(12-15)26-3/h4-12H,13H2,1-3H3,(H,22,24). The van der Waals surface area contributed by atoms with Crippen molar-refractivity contribution in [2.45, 2.75) is 6.92 Å². The summed E-state index contributed by atoms with van der Waals surface area (Å²) in [6, 6.07) is 14.9. The van der Waals surface area contributed by atoms with E-state index in [1.54, 1.807) is 32.4 Å². The summed E-state index contributed by atoms with van der Waals surface area (Å²) in [5.41, 5.74) is 2.30. The molecule has 0 radical (unpaired) electrons. The lowest BCUT2D eigenvalue weighted by atomic mass is 10.2. The molecular weight excluding hydrogens is 330 g/mol. The lowest BCUT2D eigenvalue weighted by Gasteiger charge is -2.29. The Bertz CT molecular complexity index is 860. The fourth-order valence-corrected chi connectivity index (χ4v) is 2.68. The van der Waals surface area contributed by atoms with Crippen molar-refractivity contribution in [1.29, 1.82) is 0 Å². The molecule has 0 bridgehead atoms. The maximum atomic E-state index is 12.7. The topological polar surface area (TPSA) is 63.2 Å². The predicted molar refractivity (Wildman–Crippen MR) is 102 cm³/mol. The van der Waals surface area contributed by atoms with E-state index in [0.717, 1.165) is 11.4 Å². The molecule has 6 nitrogen and oxygen atoms in total. The van der Waals surface area contributed by atoms with Crippen LogP contribution in [0.15, 0.2) is 65.4 Å². The average molecular weight is 351 g/mol. The molecule has 134 valence electrons. The first-order chi connectivity index (χ1) is 12.6. The number of hydrogen-bond donors (Lipinski definition) is 1. The fraction of sp³-hybridized carbons (Fsp3) is 0.200. The Morgan fingerprint density at radius 2 is 1.81 bits per heavy atom. The molecule has 3 rings (SSSR count). The quantitative estimate of drug-likeness (QED) is 0.898. The van der Waals surface area contributed by atoms with Crippen molar-refractivity contribution in [2.24, 2.45) is 4.99 Å². The van der Waals surface area contributed by atoms with Crippen molar-refractivity contribution in [1.82, 2.24) is 5.32 Å². The Morgan fingerprint density at radius 3 is 2.50 bits per heavy atom. The Morgan fingerprint density at radius 1 is 1.08 bits per heavy atom. The van der Waals surface area contributed by atoms with Gasteiger partial charge in [-0.3, -0.25) is 9.79 Å². The highest BCUT2D eigenvalue weighted by Crippen LogP contribution is 2.28. The maximum absolute atomic E-state index is 12.7. The molecule has 1 amide bonds. The summed E-state index contributed by atoms with van der Waals surface area (Å²) in [6.07, 6.45) is 1.86. The smallest absolute Gasteiger partial charge is 0.256 e. The van der Waals surface area contributed by atoms with E-state index in [2.05, 4.69) is 10.3 Å². The number of carbonyl (C=O) groups is 1. The first-order valence-corrected chi connectivity index (χ1v) is 8.21. The number of anilines is 1. The van der Waals surface area contributed by atoms with E-state index in [4.69, 9.17) is 9.47 Å². The van der Waals surface area contributed by atoms with Crippen LogP contribution in [-0.4, -0.2) is 32.5 Å². The van der Waals surface area contributed by atoms with Crippen LogP contribution >= 0.6 is 0 Å². The molecular formula is C20H21N3O3. The molecule has 6 heteroatoms. The number of hydrogen-bond acceptors (Lipinski definition) is 5. The van der Waals surface area contributed by atoms with Gasteiger partial charge in [0.1, 0.15) is 12.5 Å². The van der Waals surface area contributed by atoms with Gasteiger partial charge in [-0.2, -0.15) is 0 Å². The second-order valence-electron chi connectivity index (χ2n) is 5.76. The zero-order valence-electron chi connectivity index (χ0n) is 15.0. The van der Waals surface area contributed by atoms with Gasteiger partial charge in [-0.1, -0.05) is 18.2 Å². The average Bonchev–Trinajstić information content (AvgIpc) is 2.68. The van der Waals surface area contributed by atoms with Crippen LogP contribution < -0.4 is 19.7 Å². The summed E-state index contributed by atoms with van der Waals surface area (Å²) in [4.78, 5) is 19.1. The molecule has 26 heavy (non-hydrogen) atoms. The van der Waals surface area contributed by atoms with Gasteiger partial charge in [0.2, 0.25) is 0 Å². The fourth-order valence-electron chi connectivity index (χ4n) is 2.68. The first-order valence-electron chi connectivity index (χ1n) is 8.21. The Labute approximate surface area is 152 Å². The molecule has 0 spiro atoms. The van der Waals surface area contributed by atoms with Crippen LogP contribution in [0.25, 0.3) is 0 Å². The molecule has 1 N–H and O–H groups in total. The van der Waals surface area contributed by atoms with Crippen LogP contribution in [0.1, 0.15) is 17.3 Å². The van der Waals surface area contributed by atoms with E-state index >= 15 is 0 Å². The molecule has 0 aromatic heterocycles. The normalized spacial score (nSPS) is 13.6. The monoisotopic (exact) mass is 351 g/mol. The van der Waals surface area contributed by atoms with Crippen LogP contribution in [0.2, 0.25) is 0 Å². The van der Waals surface area contributed by atoms with Crippen LogP contribution in [0.5, 0.6) is 11.5 Å². The first kappa shape index (κ1) is 17.5. The molecule has 1 aliphatic heterocycles. The number of nitrogens with one attached hydrogen (secondary N) is 1. The Balaban J connectivity index is 1.85. The third-order valence-electron chi connectivity index (χ3n) is 4.05. The molecule has 0 aliphatic carbocycles. The van der Waals surface area contributed by atoms with Crippen molar-refractivity contribution in [2.75, 3.05) is 25.8 Å². The Kier molecular flexibility index (Phi) is 5.22. The zero-order valence-corrected chi connectivity index (χ0v) is 15.0. The number of amides is 1. The molecule has 2 aromatic carbocycles. The molecule has 0 fully saturated rings. The predicted octanol–water partition coefficient (Wildman–Crippen LogP) is 3.21. The van der Waals surface area contributed by atoms with Crippen molar-refractivity contribution in [3.8, 4) is 11.5 Å². The molecule has 2 aromatic rings. The number of nitrogens with zero attached hydrogens (tertiary/aromatic N) is 2. The molecule has 1 heterocycles. The summed E-state index contributed by atoms with van der Waals surface area (Å²) in [5.74, 6) is 1.54. The molecule has 0 saturated carbocycles. The third-order valence-corrected chi connectivity index (χ3v) is 4.05. The molecule has 1 aliphatic rings. The summed E-state index contributed by atoms with van der Waals surface area (Å²) in [6.45, 7) is 2.36. The zero-order chi connectivity index (χ0) is 18.5. The van der Waals surface area contributed by atoms with Gasteiger partial charge in [-0.25, -0.2) is 0 Å². The molecule has 0 atom stereocenters. The number of para-hydroxylation sites is 1. The summed E-state index contributed by atoms with van der Waals surface area (Å²) in [5, 5.41) is 2.97. The van der Waals surface area contributed by atoms with Gasteiger partial charge in [0, 0.05) is 23.0 Å². The van der Waals surface area contributed by atoms with Gasteiger partial charge in [-0.15, -0.1) is 0 Å². The van der Waals surface area contributed by atoms with Gasteiger partial charge in [0.25, 0.3) is 5.91 Å². The highest BCUT2D eigenvalue weighted by Gasteiger charge is 2.19. The number of benzene rings is 2. The number of carbonyl (C=O) groups excluding carboxylic acids is 1. The summed E-state index contributed by atoms with van der Waals surface area (Å²) < 4.78 is 10.5. The lowest BCUT2D eigenvalue weighted by Crippen LogP contribution is -2.38. The second-order valence-corrected chi connectivity index (χ2v) is 5.76. The number of ether oxygens (including phenoxy) is 2. The lowest BCUT2D eigenvalue weighted by molar-refractivity contribution is 0.0964. The van der Waals surface area contributed by atoms with E-state index in [1.807, 2.05) is 48.2 Å². The second kappa shape index (κ2) is 7.74. The van der Waals surface area contributed by atoms with Gasteiger partial charge in [-0.05, 0) is 37.3 Å². The highest BCUT2D eigenvalue weighted by atomic mass is 16.5. The van der Waals surface area contributed by atoms with E-state index < -0.39 is 0 Å². The minimum atomic E-state index is -0.229. The van der Waals surface area contributed by atoms with Crippen molar-refractivity contribution < 1.29 is 14.3 Å². The van der Waals surface area contributed by atoms with Crippen LogP contribution in [0.3, 0.4) is 0 Å². The largest absolute Gasteiger partial charge is 0.493 e. The third kappa shape index (κ3) is 3.69. The maximum Gasteiger partial charge on any atom is 0.256 e. The van der Waals surface area contributed by atoms with Gasteiger partial charge >= 0.3 is 0 Å². The van der Waals surface area contributed by atoms with Crippen LogP contribution in [-0.2, 0) is 0 Å². The van der Waals surface area contributed by atoms with Crippen LogP contribution in [0.4, 0.5) is 5.69 Å². The van der Waals surface area contributed by atoms with E-state index in [0.29, 0.717) is 29.6 Å². The van der Waals surface area contributed by atoms with Crippen molar-refractivity contribution in [3.63, 3.8) is 0 Å². The summed E-state index contributed by atoms with van der Waals surface area (Å²) in [7, 11) is 3.10. The van der Waals surface area contributed by atoms with Gasteiger partial charge < -0.3 is 19.7 Å². The minimum absolute atomic E-state index is 0.229. The highest BCUT2D eigenvalue weighted by molar-refractivity contribution is 5.99. The molecule has 0 saturated heterocycles. The van der Waals surface area contributed by atoms with Gasteiger partial charge in [0.05, 0.1) is 14.2 Å². The number of rotatable bonds is 5. The number of allylic oxidation sites excluding steroid dienone is 1. The molecule has 0 unspecified atom stereocenters. The Hall–Kier alpha value is -3.28. The van der Waals surface area contributed by atoms with Crippen molar-refractivity contribution in [3.05, 3.63) is 66.0 Å². The van der Waals surface area contributed by atoms with E-state index in [1.165, 1.54) is 0 Å². The number of aliphatic imine (C=N–C) groups is 1. The van der Waals surface area contributed by atoms with E-state index in [9.17, 15) is 4.79 Å². The van der Waals surface area contributed by atoms with E-state index in [-0.39, 0.29) is 5.91 Å². The van der Waals surface area contributed by atoms with Crippen LogP contribution in [0, 0.1) is 0 Å². The summed E-state index contributed by atoms with van der Waals surface area (Å²) >= 11 is 0. The minimum Gasteiger partial charge on any atom is -0.493 e. The van der Waals surface area contributed by atoms with Gasteiger partial charge in [0.15, 0.2) is 11.5 Å². The number of methoxy groups -OCH3 is 2. The SMILES string of the molecule is COc1ccc(C(=O)NC2=CC(C)=NCN2c2ccccc2)cc1OC. The van der Waals surface area contributed by atoms with Crippen molar-refractivity contribution >= 4 is 17.3 Å².